The SMILES string of the molecule is CN=C(NCCN1CCCCC1C)N1CCN(c2cccs2)CC1.I. The number of rotatable bonds is 4. The summed E-state index contributed by atoms with van der Waals surface area (Å²) in [4.78, 5) is 12.0. The maximum absolute atomic E-state index is 4.50. The number of hydrogen-bond donors (Lipinski definition) is 1. The lowest BCUT2D eigenvalue weighted by atomic mass is 10.0. The van der Waals surface area contributed by atoms with E-state index in [1.807, 2.05) is 18.4 Å². The van der Waals surface area contributed by atoms with Crippen LogP contribution in [0.25, 0.3) is 0 Å². The van der Waals surface area contributed by atoms with Crippen molar-refractivity contribution in [1.29, 1.82) is 0 Å². The number of piperazine rings is 1. The zero-order valence-electron chi connectivity index (χ0n) is 15.5. The van der Waals surface area contributed by atoms with Crippen LogP contribution in [0.3, 0.4) is 0 Å². The van der Waals surface area contributed by atoms with Crippen molar-refractivity contribution in [3.63, 3.8) is 0 Å². The predicted octanol–water partition coefficient (Wildman–Crippen LogP) is 2.94. The average Bonchev–Trinajstić information content (AvgIpc) is 3.15. The summed E-state index contributed by atoms with van der Waals surface area (Å²) in [5.41, 5.74) is 0. The van der Waals surface area contributed by atoms with Gasteiger partial charge < -0.3 is 15.1 Å². The van der Waals surface area contributed by atoms with Crippen molar-refractivity contribution < 1.29 is 0 Å². The third kappa shape index (κ3) is 5.72. The van der Waals surface area contributed by atoms with Crippen molar-refractivity contribution >= 4 is 46.3 Å². The monoisotopic (exact) mass is 477 g/mol. The summed E-state index contributed by atoms with van der Waals surface area (Å²) in [5, 5.41) is 7.12. The van der Waals surface area contributed by atoms with Gasteiger partial charge in [0.05, 0.1) is 5.00 Å². The topological polar surface area (TPSA) is 34.1 Å². The van der Waals surface area contributed by atoms with Crippen LogP contribution in [0.2, 0.25) is 0 Å². The van der Waals surface area contributed by atoms with Crippen molar-refractivity contribution in [2.24, 2.45) is 4.99 Å². The number of halogens is 1. The van der Waals surface area contributed by atoms with E-state index in [1.165, 1.54) is 30.8 Å². The normalized spacial score (nSPS) is 22.6. The van der Waals surface area contributed by atoms with Gasteiger partial charge in [-0.15, -0.1) is 35.3 Å². The molecule has 0 aliphatic carbocycles. The first kappa shape index (κ1) is 20.8. The molecule has 0 saturated carbocycles. The smallest absolute Gasteiger partial charge is 0.193 e. The van der Waals surface area contributed by atoms with Gasteiger partial charge in [-0.05, 0) is 43.8 Å². The Bertz CT molecular complexity index is 514. The number of hydrogen-bond acceptors (Lipinski definition) is 4. The molecule has 5 nitrogen and oxygen atoms in total. The largest absolute Gasteiger partial charge is 0.360 e. The molecule has 1 aromatic rings. The van der Waals surface area contributed by atoms with Gasteiger partial charge in [0, 0.05) is 52.4 Å². The molecule has 2 aliphatic heterocycles. The predicted molar refractivity (Wildman–Crippen MR) is 120 cm³/mol. The van der Waals surface area contributed by atoms with E-state index in [2.05, 4.69) is 49.4 Å². The molecule has 1 unspecified atom stereocenters. The van der Waals surface area contributed by atoms with Gasteiger partial charge in [-0.3, -0.25) is 9.89 Å². The molecule has 1 atom stereocenters. The van der Waals surface area contributed by atoms with Crippen LogP contribution in [0.5, 0.6) is 0 Å². The Kier molecular flexibility index (Phi) is 8.78. The third-order valence-electron chi connectivity index (χ3n) is 5.23. The number of nitrogens with zero attached hydrogens (tertiary/aromatic N) is 4. The van der Waals surface area contributed by atoms with Gasteiger partial charge in [-0.2, -0.15) is 0 Å². The molecular formula is C18H32IN5S. The van der Waals surface area contributed by atoms with Crippen molar-refractivity contribution in [1.82, 2.24) is 15.1 Å². The highest BCUT2D eigenvalue weighted by Crippen LogP contribution is 2.22. The Morgan fingerprint density at radius 1 is 1.24 bits per heavy atom. The van der Waals surface area contributed by atoms with E-state index in [1.54, 1.807) is 0 Å². The Labute approximate surface area is 173 Å². The highest BCUT2D eigenvalue weighted by Gasteiger charge is 2.21. The maximum atomic E-state index is 4.50. The highest BCUT2D eigenvalue weighted by atomic mass is 127. The number of likely N-dealkylation sites (tertiary alicyclic amines) is 1. The molecular weight excluding hydrogens is 445 g/mol. The zero-order chi connectivity index (χ0) is 16.8. The first-order valence-corrected chi connectivity index (χ1v) is 10.1. The molecule has 0 spiro atoms. The summed E-state index contributed by atoms with van der Waals surface area (Å²) < 4.78 is 0. The van der Waals surface area contributed by atoms with Crippen molar-refractivity contribution in [2.75, 3.05) is 57.8 Å². The minimum atomic E-state index is 0. The number of anilines is 1. The molecule has 142 valence electrons. The summed E-state index contributed by atoms with van der Waals surface area (Å²) in [7, 11) is 1.90. The van der Waals surface area contributed by atoms with Gasteiger partial charge >= 0.3 is 0 Å². The molecule has 2 aliphatic rings. The molecule has 3 heterocycles. The van der Waals surface area contributed by atoms with Gasteiger partial charge in [0.25, 0.3) is 0 Å². The number of aliphatic imine (C=N–C) groups is 1. The number of guanidine groups is 1. The Balaban J connectivity index is 0.00000225. The van der Waals surface area contributed by atoms with E-state index < -0.39 is 0 Å². The van der Waals surface area contributed by atoms with Gasteiger partial charge in [-0.1, -0.05) is 6.42 Å². The second-order valence-corrected chi connectivity index (χ2v) is 7.71. The summed E-state index contributed by atoms with van der Waals surface area (Å²) >= 11 is 1.83. The molecule has 2 fully saturated rings. The van der Waals surface area contributed by atoms with Crippen LogP contribution >= 0.6 is 35.3 Å². The molecule has 0 radical (unpaired) electrons. The van der Waals surface area contributed by atoms with Gasteiger partial charge in [0.15, 0.2) is 5.96 Å². The molecule has 3 rings (SSSR count). The maximum Gasteiger partial charge on any atom is 0.193 e. The number of nitrogens with one attached hydrogen (secondary N) is 1. The van der Waals surface area contributed by atoms with E-state index in [0.29, 0.717) is 0 Å². The lowest BCUT2D eigenvalue weighted by Gasteiger charge is -2.37. The lowest BCUT2D eigenvalue weighted by Crippen LogP contribution is -2.53. The minimum absolute atomic E-state index is 0. The van der Waals surface area contributed by atoms with Crippen molar-refractivity contribution in [3.05, 3.63) is 17.5 Å². The van der Waals surface area contributed by atoms with Crippen LogP contribution in [-0.4, -0.2) is 74.7 Å². The first-order chi connectivity index (χ1) is 11.8. The quantitative estimate of drug-likeness (QED) is 0.411. The van der Waals surface area contributed by atoms with E-state index in [-0.39, 0.29) is 24.0 Å². The summed E-state index contributed by atoms with van der Waals surface area (Å²) in [6, 6.07) is 5.08. The molecule has 0 amide bonds. The van der Waals surface area contributed by atoms with Crippen LogP contribution < -0.4 is 10.2 Å². The van der Waals surface area contributed by atoms with Crippen molar-refractivity contribution in [3.8, 4) is 0 Å². The molecule has 0 bridgehead atoms. The second-order valence-electron chi connectivity index (χ2n) is 6.78. The summed E-state index contributed by atoms with van der Waals surface area (Å²) in [6.45, 7) is 9.94. The van der Waals surface area contributed by atoms with Gasteiger partial charge in [0.1, 0.15) is 0 Å². The standard InChI is InChI=1S/C18H31N5S.HI/c1-16-6-3-4-9-21(16)10-8-20-18(19-2)23-13-11-22(12-14-23)17-7-5-15-24-17;/h5,7,15-16H,3-4,6,8-14H2,1-2H3,(H,19,20);1H. The number of piperidine rings is 1. The Hall–Kier alpha value is -0.540. The Morgan fingerprint density at radius 2 is 2.04 bits per heavy atom. The average molecular weight is 477 g/mol. The molecule has 1 aromatic heterocycles. The van der Waals surface area contributed by atoms with Crippen LogP contribution in [0.15, 0.2) is 22.5 Å². The zero-order valence-corrected chi connectivity index (χ0v) is 18.6. The fourth-order valence-electron chi connectivity index (χ4n) is 3.72. The van der Waals surface area contributed by atoms with E-state index >= 15 is 0 Å². The van der Waals surface area contributed by atoms with Crippen LogP contribution in [0.4, 0.5) is 5.00 Å². The summed E-state index contributed by atoms with van der Waals surface area (Å²) in [5.74, 6) is 1.06. The molecule has 25 heavy (non-hydrogen) atoms. The lowest BCUT2D eigenvalue weighted by molar-refractivity contribution is 0.163. The Morgan fingerprint density at radius 3 is 2.68 bits per heavy atom. The molecule has 1 N–H and O–H groups in total. The van der Waals surface area contributed by atoms with Crippen LogP contribution in [0.1, 0.15) is 26.2 Å². The van der Waals surface area contributed by atoms with E-state index in [4.69, 9.17) is 0 Å². The van der Waals surface area contributed by atoms with E-state index in [0.717, 1.165) is 51.3 Å². The molecule has 2 saturated heterocycles. The second kappa shape index (κ2) is 10.6. The fraction of sp³-hybridized carbons (Fsp3) is 0.722. The van der Waals surface area contributed by atoms with Crippen LogP contribution in [0, 0.1) is 0 Å². The first-order valence-electron chi connectivity index (χ1n) is 9.26. The number of thiophene rings is 1. The fourth-order valence-corrected chi connectivity index (χ4v) is 4.51. The van der Waals surface area contributed by atoms with E-state index in [9.17, 15) is 0 Å². The molecule has 7 heteroatoms. The highest BCUT2D eigenvalue weighted by molar-refractivity contribution is 14.0. The molecule has 0 aromatic carbocycles. The minimum Gasteiger partial charge on any atom is -0.360 e. The van der Waals surface area contributed by atoms with Crippen molar-refractivity contribution in [2.45, 2.75) is 32.2 Å². The summed E-state index contributed by atoms with van der Waals surface area (Å²) in [6.07, 6.45) is 4.09. The van der Waals surface area contributed by atoms with Crippen LogP contribution in [-0.2, 0) is 0 Å². The van der Waals surface area contributed by atoms with Gasteiger partial charge in [-0.25, -0.2) is 0 Å². The third-order valence-corrected chi connectivity index (χ3v) is 6.16. The van der Waals surface area contributed by atoms with Gasteiger partial charge in [0.2, 0.25) is 0 Å².